The fourth-order valence-electron chi connectivity index (χ4n) is 2.89. The maximum atomic E-state index is 13.0. The minimum absolute atomic E-state index is 0.0241. The zero-order valence-electron chi connectivity index (χ0n) is 11.8. The molecule has 0 amide bonds. The van der Waals surface area contributed by atoms with Crippen molar-refractivity contribution >= 4 is 19.9 Å². The molecule has 8 heteroatoms. The number of benzene rings is 1. The first-order valence-corrected chi connectivity index (χ1v) is 10.3. The van der Waals surface area contributed by atoms with E-state index in [0.717, 1.165) is 12.8 Å². The Labute approximate surface area is 130 Å². The fourth-order valence-corrected chi connectivity index (χ4v) is 6.74. The van der Waals surface area contributed by atoms with E-state index in [2.05, 4.69) is 0 Å². The summed E-state index contributed by atoms with van der Waals surface area (Å²) < 4.78 is 50.7. The maximum Gasteiger partial charge on any atom is 0.244 e. The van der Waals surface area contributed by atoms with Gasteiger partial charge < -0.3 is 0 Å². The van der Waals surface area contributed by atoms with E-state index in [1.54, 1.807) is 12.1 Å². The van der Waals surface area contributed by atoms with Crippen LogP contribution in [0.25, 0.3) is 0 Å². The van der Waals surface area contributed by atoms with E-state index in [4.69, 9.17) is 5.26 Å². The molecule has 0 radical (unpaired) electrons. The Hall–Kier alpha value is -1.43. The summed E-state index contributed by atoms with van der Waals surface area (Å²) in [6.07, 6.45) is 1.81. The molecular weight excluding hydrogens is 324 g/mol. The van der Waals surface area contributed by atoms with E-state index in [0.29, 0.717) is 6.42 Å². The zero-order valence-corrected chi connectivity index (χ0v) is 13.5. The van der Waals surface area contributed by atoms with Crippen molar-refractivity contribution in [2.24, 2.45) is 0 Å². The molecule has 1 heterocycles. The maximum absolute atomic E-state index is 13.0. The molecule has 1 atom stereocenters. The van der Waals surface area contributed by atoms with Crippen LogP contribution in [0.5, 0.6) is 0 Å². The van der Waals surface area contributed by atoms with Crippen LogP contribution in [0, 0.1) is 11.3 Å². The highest BCUT2D eigenvalue weighted by Gasteiger charge is 2.46. The smallest absolute Gasteiger partial charge is 0.229 e. The van der Waals surface area contributed by atoms with Gasteiger partial charge in [-0.15, -0.1) is 0 Å². The SMILES string of the molecule is N#Cc1ccccc1S(=O)(=O)N(C1CC1)C1CCS(=O)(=O)C1. The van der Waals surface area contributed by atoms with Crippen LogP contribution in [0.15, 0.2) is 29.2 Å². The normalized spacial score (nSPS) is 24.3. The van der Waals surface area contributed by atoms with Crippen molar-refractivity contribution in [3.05, 3.63) is 29.8 Å². The average Bonchev–Trinajstić information content (AvgIpc) is 3.22. The highest BCUT2D eigenvalue weighted by atomic mass is 32.2. The van der Waals surface area contributed by atoms with Gasteiger partial charge in [0.05, 0.1) is 22.0 Å². The van der Waals surface area contributed by atoms with Gasteiger partial charge in [-0.1, -0.05) is 12.1 Å². The molecule has 1 aliphatic heterocycles. The van der Waals surface area contributed by atoms with Crippen LogP contribution >= 0.6 is 0 Å². The van der Waals surface area contributed by atoms with Crippen LogP contribution in [0.3, 0.4) is 0 Å². The monoisotopic (exact) mass is 340 g/mol. The zero-order chi connectivity index (χ0) is 16.0. The summed E-state index contributed by atoms with van der Waals surface area (Å²) in [6, 6.07) is 7.29. The number of hydrogen-bond donors (Lipinski definition) is 0. The highest BCUT2D eigenvalue weighted by molar-refractivity contribution is 7.92. The van der Waals surface area contributed by atoms with Gasteiger partial charge in [-0.05, 0) is 31.4 Å². The molecule has 22 heavy (non-hydrogen) atoms. The third kappa shape index (κ3) is 2.76. The molecule has 118 valence electrons. The van der Waals surface area contributed by atoms with E-state index in [-0.39, 0.29) is 28.0 Å². The molecule has 1 aromatic carbocycles. The van der Waals surface area contributed by atoms with Gasteiger partial charge in [-0.3, -0.25) is 0 Å². The van der Waals surface area contributed by atoms with Gasteiger partial charge in [0.25, 0.3) is 0 Å². The van der Waals surface area contributed by atoms with E-state index >= 15 is 0 Å². The number of sulfone groups is 1. The third-order valence-corrected chi connectivity index (χ3v) is 7.85. The molecule has 1 saturated carbocycles. The molecule has 1 aliphatic carbocycles. The summed E-state index contributed by atoms with van der Waals surface area (Å²) in [4.78, 5) is -0.0336. The molecule has 0 aromatic heterocycles. The summed E-state index contributed by atoms with van der Waals surface area (Å²) in [5.41, 5.74) is 0.0917. The van der Waals surface area contributed by atoms with Crippen molar-refractivity contribution in [3.8, 4) is 6.07 Å². The van der Waals surface area contributed by atoms with Crippen LogP contribution in [0.2, 0.25) is 0 Å². The Morgan fingerprint density at radius 1 is 1.14 bits per heavy atom. The Kier molecular flexibility index (Phi) is 3.75. The molecule has 3 rings (SSSR count). The Balaban J connectivity index is 2.03. The third-order valence-electron chi connectivity index (χ3n) is 4.04. The Morgan fingerprint density at radius 3 is 2.36 bits per heavy atom. The van der Waals surface area contributed by atoms with Crippen molar-refractivity contribution < 1.29 is 16.8 Å². The average molecular weight is 340 g/mol. The van der Waals surface area contributed by atoms with Gasteiger partial charge in [-0.2, -0.15) is 9.57 Å². The fraction of sp³-hybridized carbons (Fsp3) is 0.500. The van der Waals surface area contributed by atoms with E-state index in [1.165, 1.54) is 16.4 Å². The molecule has 0 spiro atoms. The number of nitriles is 1. The van der Waals surface area contributed by atoms with Gasteiger partial charge in [-0.25, -0.2) is 16.8 Å². The van der Waals surface area contributed by atoms with E-state index in [1.807, 2.05) is 6.07 Å². The van der Waals surface area contributed by atoms with Crippen LogP contribution in [0.1, 0.15) is 24.8 Å². The molecule has 1 saturated heterocycles. The van der Waals surface area contributed by atoms with Gasteiger partial charge in [0, 0.05) is 12.1 Å². The lowest BCUT2D eigenvalue weighted by molar-refractivity contribution is 0.332. The minimum atomic E-state index is -3.87. The predicted molar refractivity (Wildman–Crippen MR) is 80.3 cm³/mol. The summed E-state index contributed by atoms with van der Waals surface area (Å²) in [7, 11) is -7.04. The summed E-state index contributed by atoms with van der Waals surface area (Å²) in [5, 5.41) is 9.14. The topological polar surface area (TPSA) is 95.3 Å². The lowest BCUT2D eigenvalue weighted by Gasteiger charge is -2.27. The lowest BCUT2D eigenvalue weighted by Crippen LogP contribution is -2.42. The molecule has 1 aromatic rings. The van der Waals surface area contributed by atoms with Crippen LogP contribution < -0.4 is 0 Å². The summed E-state index contributed by atoms with van der Waals surface area (Å²) >= 11 is 0. The first-order valence-electron chi connectivity index (χ1n) is 7.08. The molecule has 0 bridgehead atoms. The van der Waals surface area contributed by atoms with Crippen molar-refractivity contribution in [1.29, 1.82) is 5.26 Å². The lowest BCUT2D eigenvalue weighted by atomic mass is 10.2. The highest BCUT2D eigenvalue weighted by Crippen LogP contribution is 2.37. The van der Waals surface area contributed by atoms with Gasteiger partial charge >= 0.3 is 0 Å². The minimum Gasteiger partial charge on any atom is -0.229 e. The van der Waals surface area contributed by atoms with E-state index in [9.17, 15) is 16.8 Å². The first kappa shape index (κ1) is 15.5. The van der Waals surface area contributed by atoms with Crippen molar-refractivity contribution in [2.45, 2.75) is 36.2 Å². The van der Waals surface area contributed by atoms with Crippen LogP contribution in [-0.4, -0.2) is 44.7 Å². The largest absolute Gasteiger partial charge is 0.244 e. The van der Waals surface area contributed by atoms with Gasteiger partial charge in [0.15, 0.2) is 9.84 Å². The van der Waals surface area contributed by atoms with E-state index < -0.39 is 25.9 Å². The summed E-state index contributed by atoms with van der Waals surface area (Å²) in [5.74, 6) is -0.103. The Morgan fingerprint density at radius 2 is 1.82 bits per heavy atom. The molecule has 2 fully saturated rings. The molecule has 2 aliphatic rings. The second kappa shape index (κ2) is 5.33. The van der Waals surface area contributed by atoms with Crippen LogP contribution in [0.4, 0.5) is 0 Å². The number of nitrogens with zero attached hydrogens (tertiary/aromatic N) is 2. The standard InChI is InChI=1S/C14H16N2O4S2/c15-9-11-3-1-2-4-14(11)22(19,20)16(12-5-6-12)13-7-8-21(17,18)10-13/h1-4,12-13H,5-8,10H2. The molecule has 0 N–H and O–H groups in total. The number of rotatable bonds is 4. The van der Waals surface area contributed by atoms with Crippen molar-refractivity contribution in [2.75, 3.05) is 11.5 Å². The molecular formula is C14H16N2O4S2. The second-order valence-corrected chi connectivity index (χ2v) is 9.77. The molecule has 1 unspecified atom stereocenters. The number of hydrogen-bond acceptors (Lipinski definition) is 5. The summed E-state index contributed by atoms with van der Waals surface area (Å²) in [6.45, 7) is 0. The second-order valence-electron chi connectivity index (χ2n) is 5.73. The van der Waals surface area contributed by atoms with Crippen LogP contribution in [-0.2, 0) is 19.9 Å². The quantitative estimate of drug-likeness (QED) is 0.811. The van der Waals surface area contributed by atoms with Gasteiger partial charge in [0.2, 0.25) is 10.0 Å². The van der Waals surface area contributed by atoms with Crippen molar-refractivity contribution in [1.82, 2.24) is 4.31 Å². The Bertz CT molecular complexity index is 836. The number of sulfonamides is 1. The van der Waals surface area contributed by atoms with Crippen molar-refractivity contribution in [3.63, 3.8) is 0 Å². The van der Waals surface area contributed by atoms with Gasteiger partial charge in [0.1, 0.15) is 6.07 Å². The molecule has 6 nitrogen and oxygen atoms in total. The first-order chi connectivity index (χ1) is 10.3. The predicted octanol–water partition coefficient (Wildman–Crippen LogP) is 0.898.